The molecule has 46 heavy (non-hydrogen) atoms. The van der Waals surface area contributed by atoms with Gasteiger partial charge in [-0.1, -0.05) is 79.7 Å². The number of carbonyl (C=O) groups excluding carboxylic acids is 3. The Bertz CT molecular complexity index is 1100. The SMILES string of the molecule is C=C\C(=C/C=C(CC)/C(CCCC)=C(\C)N=CC)CNC(=O)C1CCCN1C(=O)C(NC(=O)C1(F)CC1)C(C)(C)C.CC.[CH3-].[CH3-].[Y]. The Labute approximate surface area is 306 Å². The predicted molar refractivity (Wildman–Crippen MR) is 189 cm³/mol. The van der Waals surface area contributed by atoms with Crippen molar-refractivity contribution in [1.29, 1.82) is 0 Å². The van der Waals surface area contributed by atoms with E-state index in [0.717, 1.165) is 37.0 Å². The first kappa shape index (κ1) is 48.5. The van der Waals surface area contributed by atoms with Gasteiger partial charge in [-0.2, -0.15) is 0 Å². The maximum atomic E-state index is 14.4. The van der Waals surface area contributed by atoms with Gasteiger partial charge in [-0.15, -0.1) is 0 Å². The average Bonchev–Trinajstić information content (AvgIpc) is 3.54. The number of nitrogens with zero attached hydrogens (tertiary/aromatic N) is 2. The second-order valence-electron chi connectivity index (χ2n) is 12.2. The van der Waals surface area contributed by atoms with E-state index in [4.69, 9.17) is 0 Å². The van der Waals surface area contributed by atoms with Crippen molar-refractivity contribution < 1.29 is 51.5 Å². The third-order valence-electron chi connectivity index (χ3n) is 7.86. The van der Waals surface area contributed by atoms with E-state index in [1.807, 2.05) is 60.8 Å². The van der Waals surface area contributed by atoms with Crippen LogP contribution in [0.4, 0.5) is 4.39 Å². The average molecular weight is 720 g/mol. The van der Waals surface area contributed by atoms with Crippen LogP contribution in [0.5, 0.6) is 0 Å². The van der Waals surface area contributed by atoms with Gasteiger partial charge in [0.1, 0.15) is 12.1 Å². The molecule has 261 valence electrons. The smallest absolute Gasteiger partial charge is 0.258 e. The van der Waals surface area contributed by atoms with E-state index in [2.05, 4.69) is 42.1 Å². The first-order valence-electron chi connectivity index (χ1n) is 16.1. The Kier molecular flexibility index (Phi) is 24.7. The fourth-order valence-corrected chi connectivity index (χ4v) is 5.06. The number of unbranched alkanes of at least 4 members (excludes halogenated alkanes) is 1. The predicted octanol–water partition coefficient (Wildman–Crippen LogP) is 8.05. The van der Waals surface area contributed by atoms with Crippen LogP contribution in [-0.2, 0) is 47.1 Å². The van der Waals surface area contributed by atoms with Gasteiger partial charge in [0.15, 0.2) is 5.67 Å². The molecule has 1 aliphatic carbocycles. The Balaban J connectivity index is -0.00000362. The topological polar surface area (TPSA) is 90.9 Å². The van der Waals surface area contributed by atoms with Crippen LogP contribution in [0, 0.1) is 20.3 Å². The zero-order valence-corrected chi connectivity index (χ0v) is 33.7. The van der Waals surface area contributed by atoms with Crippen molar-refractivity contribution in [3.05, 3.63) is 62.1 Å². The Morgan fingerprint density at radius 3 is 2.22 bits per heavy atom. The first-order chi connectivity index (χ1) is 20.3. The van der Waals surface area contributed by atoms with Crippen molar-refractivity contribution >= 4 is 23.9 Å². The first-order valence-corrected chi connectivity index (χ1v) is 16.1. The second-order valence-corrected chi connectivity index (χ2v) is 12.2. The Hall–Kier alpha value is -1.93. The second kappa shape index (κ2) is 23.4. The number of amides is 3. The summed E-state index contributed by atoms with van der Waals surface area (Å²) >= 11 is 0. The molecule has 1 saturated heterocycles. The third-order valence-corrected chi connectivity index (χ3v) is 7.86. The monoisotopic (exact) mass is 719 g/mol. The van der Waals surface area contributed by atoms with E-state index in [-0.39, 0.29) is 78.8 Å². The largest absolute Gasteiger partial charge is 0.358 e. The van der Waals surface area contributed by atoms with E-state index < -0.39 is 29.1 Å². The Morgan fingerprint density at radius 2 is 1.74 bits per heavy atom. The number of halogens is 1. The molecule has 1 radical (unpaired) electrons. The van der Waals surface area contributed by atoms with Crippen LogP contribution in [0.3, 0.4) is 0 Å². The number of hydrogen-bond acceptors (Lipinski definition) is 4. The van der Waals surface area contributed by atoms with E-state index in [0.29, 0.717) is 19.4 Å². The molecule has 2 aliphatic rings. The number of rotatable bonds is 14. The van der Waals surface area contributed by atoms with Gasteiger partial charge in [0.05, 0.1) is 0 Å². The fourth-order valence-electron chi connectivity index (χ4n) is 5.06. The van der Waals surface area contributed by atoms with Gasteiger partial charge < -0.3 is 30.4 Å². The molecule has 2 atom stereocenters. The fraction of sp³-hybridized carbons (Fsp3) is 0.622. The molecule has 3 amide bonds. The molecule has 2 fully saturated rings. The van der Waals surface area contributed by atoms with Crippen LogP contribution in [-0.4, -0.2) is 59.7 Å². The summed E-state index contributed by atoms with van der Waals surface area (Å²) in [5, 5.41) is 5.62. The van der Waals surface area contributed by atoms with Gasteiger partial charge in [0.2, 0.25) is 11.8 Å². The van der Waals surface area contributed by atoms with Crippen LogP contribution in [0.1, 0.15) is 114 Å². The van der Waals surface area contributed by atoms with E-state index in [1.54, 1.807) is 6.08 Å². The van der Waals surface area contributed by atoms with Crippen molar-refractivity contribution in [3.8, 4) is 0 Å². The van der Waals surface area contributed by atoms with Crippen LogP contribution in [0.25, 0.3) is 0 Å². The summed E-state index contributed by atoms with van der Waals surface area (Å²) in [5.74, 6) is -1.34. The molecule has 7 nitrogen and oxygen atoms in total. The molecule has 1 heterocycles. The molecule has 2 N–H and O–H groups in total. The zero-order valence-electron chi connectivity index (χ0n) is 30.8. The normalized spacial score (nSPS) is 18.4. The molecule has 0 aromatic heterocycles. The minimum Gasteiger partial charge on any atom is -0.358 e. The van der Waals surface area contributed by atoms with Gasteiger partial charge in [-0.05, 0) is 80.9 Å². The van der Waals surface area contributed by atoms with E-state index >= 15 is 0 Å². The summed E-state index contributed by atoms with van der Waals surface area (Å²) in [6.45, 7) is 22.4. The summed E-state index contributed by atoms with van der Waals surface area (Å²) in [6.07, 6.45) is 13.2. The molecule has 0 bridgehead atoms. The molecular formula is C37H63FN4O3Y-2. The molecular weight excluding hydrogens is 656 g/mol. The molecule has 0 spiro atoms. The van der Waals surface area contributed by atoms with Crippen molar-refractivity contribution in [2.24, 2.45) is 10.4 Å². The van der Waals surface area contributed by atoms with Crippen LogP contribution >= 0.6 is 0 Å². The number of nitrogens with one attached hydrogen (secondary N) is 2. The number of alkyl halides is 1. The van der Waals surface area contributed by atoms with Crippen LogP contribution in [0.2, 0.25) is 0 Å². The van der Waals surface area contributed by atoms with Gasteiger partial charge >= 0.3 is 0 Å². The van der Waals surface area contributed by atoms with Crippen molar-refractivity contribution in [1.82, 2.24) is 15.5 Å². The van der Waals surface area contributed by atoms with Crippen LogP contribution < -0.4 is 10.6 Å². The number of aliphatic imine (C=N–C) groups is 1. The van der Waals surface area contributed by atoms with Crippen LogP contribution in [0.15, 0.2) is 52.2 Å². The molecule has 0 aromatic carbocycles. The number of carbonyl (C=O) groups is 3. The van der Waals surface area contributed by atoms with E-state index in [9.17, 15) is 18.8 Å². The quantitative estimate of drug-likeness (QED) is 0.108. The minimum absolute atomic E-state index is 0. The van der Waals surface area contributed by atoms with Crippen molar-refractivity contribution in [2.45, 2.75) is 131 Å². The number of hydrogen-bond donors (Lipinski definition) is 2. The standard InChI is InChI=1S/C33H51FN4O3.C2H6.2CH3.Y/c1-9-13-15-26(23(5)35-12-4)25(11-3)18-17-24(10-2)22-36-29(39)27-16-14-21-38(27)30(40)28(32(6,7)8)37-31(41)33(34)19-20-33;1-2;;;/h10,12,17-18,27-28H,2,9,11,13-16,19-22H2,1,3-8H3,(H,36,39)(H,37,41);1-2H3;2*1H3;/q;;2*-1;/b24-17+,25-18+,26-23+,35-12?;;;;. The minimum atomic E-state index is -1.88. The number of allylic oxidation sites excluding steroid dienone is 5. The molecule has 0 aromatic rings. The summed E-state index contributed by atoms with van der Waals surface area (Å²) in [5.41, 5.74) is 1.80. The Morgan fingerprint density at radius 1 is 1.13 bits per heavy atom. The molecule has 1 saturated carbocycles. The van der Waals surface area contributed by atoms with Gasteiger partial charge in [-0.3, -0.25) is 19.4 Å². The summed E-state index contributed by atoms with van der Waals surface area (Å²) < 4.78 is 14.4. The summed E-state index contributed by atoms with van der Waals surface area (Å²) in [6, 6.07) is -1.57. The number of likely N-dealkylation sites (tertiary alicyclic amines) is 1. The molecule has 2 unspecified atom stereocenters. The van der Waals surface area contributed by atoms with Gasteiger partial charge in [-0.25, -0.2) is 4.39 Å². The maximum absolute atomic E-state index is 14.4. The third kappa shape index (κ3) is 14.5. The van der Waals surface area contributed by atoms with Crippen molar-refractivity contribution in [2.75, 3.05) is 13.1 Å². The van der Waals surface area contributed by atoms with Gasteiger partial charge in [0, 0.05) is 57.7 Å². The van der Waals surface area contributed by atoms with Crippen molar-refractivity contribution in [3.63, 3.8) is 0 Å². The van der Waals surface area contributed by atoms with E-state index in [1.165, 1.54) is 16.0 Å². The molecule has 1 aliphatic heterocycles. The zero-order chi connectivity index (χ0) is 32.8. The van der Waals surface area contributed by atoms with Gasteiger partial charge in [0.25, 0.3) is 5.91 Å². The molecule has 9 heteroatoms. The summed E-state index contributed by atoms with van der Waals surface area (Å²) in [4.78, 5) is 45.4. The summed E-state index contributed by atoms with van der Waals surface area (Å²) in [7, 11) is 0. The maximum Gasteiger partial charge on any atom is 0.258 e. The molecule has 2 rings (SSSR count).